The molecule has 0 saturated carbocycles. The molecule has 3 nitrogen and oxygen atoms in total. The zero-order valence-corrected chi connectivity index (χ0v) is 17.7. The van der Waals surface area contributed by atoms with Gasteiger partial charge in [-0.3, -0.25) is 0 Å². The van der Waals surface area contributed by atoms with Crippen LogP contribution in [0.3, 0.4) is 0 Å². The smallest absolute Gasteiger partial charge is 0.161 e. The zero-order valence-electron chi connectivity index (χ0n) is 17.7. The van der Waals surface area contributed by atoms with Crippen LogP contribution in [0.25, 0.3) is 22.4 Å². The molecule has 0 saturated heterocycles. The Morgan fingerprint density at radius 2 is 1.72 bits per heavy atom. The van der Waals surface area contributed by atoms with Gasteiger partial charge in [0.15, 0.2) is 11.5 Å². The number of hydrogen-bond acceptors (Lipinski definition) is 3. The quantitative estimate of drug-likeness (QED) is 0.237. The molecule has 0 bridgehead atoms. The fourth-order valence-corrected chi connectivity index (χ4v) is 3.49. The molecule has 4 aromatic carbocycles. The van der Waals surface area contributed by atoms with Gasteiger partial charge in [-0.25, -0.2) is 4.39 Å². The van der Waals surface area contributed by atoms with Gasteiger partial charge in [0.25, 0.3) is 0 Å². The second-order valence-electron chi connectivity index (χ2n) is 7.29. The van der Waals surface area contributed by atoms with Crippen LogP contribution in [0.5, 0.6) is 11.5 Å². The number of nitriles is 1. The van der Waals surface area contributed by atoms with Crippen molar-refractivity contribution in [2.75, 3.05) is 6.61 Å². The van der Waals surface area contributed by atoms with Crippen LogP contribution >= 0.6 is 0 Å². The molecule has 0 aliphatic heterocycles. The molecule has 158 valence electrons. The predicted molar refractivity (Wildman–Crippen MR) is 126 cm³/mol. The summed E-state index contributed by atoms with van der Waals surface area (Å²) in [5.74, 6) is 0.847. The van der Waals surface area contributed by atoms with Crippen molar-refractivity contribution in [3.05, 3.63) is 107 Å². The van der Waals surface area contributed by atoms with Gasteiger partial charge in [-0.2, -0.15) is 5.26 Å². The highest BCUT2D eigenvalue weighted by Crippen LogP contribution is 2.31. The Kier molecular flexibility index (Phi) is 6.48. The Balaban J connectivity index is 1.61. The van der Waals surface area contributed by atoms with E-state index in [9.17, 15) is 9.65 Å². The van der Waals surface area contributed by atoms with E-state index in [1.807, 2.05) is 79.7 Å². The number of hydrogen-bond donors (Lipinski definition) is 0. The maximum atomic E-state index is 13.4. The fourth-order valence-electron chi connectivity index (χ4n) is 3.49. The van der Waals surface area contributed by atoms with Gasteiger partial charge in [-0.1, -0.05) is 54.6 Å². The van der Waals surface area contributed by atoms with Crippen LogP contribution in [0, 0.1) is 17.1 Å². The van der Waals surface area contributed by atoms with Crippen molar-refractivity contribution < 1.29 is 13.9 Å². The van der Waals surface area contributed by atoms with Crippen LogP contribution in [0.2, 0.25) is 0 Å². The first-order valence-electron chi connectivity index (χ1n) is 10.4. The van der Waals surface area contributed by atoms with E-state index in [0.717, 1.165) is 27.5 Å². The molecule has 4 aromatic rings. The monoisotopic (exact) mass is 423 g/mol. The third-order valence-corrected chi connectivity index (χ3v) is 5.04. The highest BCUT2D eigenvalue weighted by atomic mass is 19.1. The number of rotatable bonds is 7. The van der Waals surface area contributed by atoms with Gasteiger partial charge in [-0.15, -0.1) is 0 Å². The largest absolute Gasteiger partial charge is 0.490 e. The molecular weight excluding hydrogens is 401 g/mol. The van der Waals surface area contributed by atoms with Crippen molar-refractivity contribution in [3.8, 4) is 17.6 Å². The summed E-state index contributed by atoms with van der Waals surface area (Å²) in [6.07, 6.45) is 1.84. The van der Waals surface area contributed by atoms with Crippen LogP contribution in [0.15, 0.2) is 84.9 Å². The minimum atomic E-state index is -0.297. The first-order chi connectivity index (χ1) is 15.7. The highest BCUT2D eigenvalue weighted by Gasteiger charge is 2.09. The normalized spacial score (nSPS) is 11.2. The van der Waals surface area contributed by atoms with Gasteiger partial charge >= 0.3 is 0 Å². The summed E-state index contributed by atoms with van der Waals surface area (Å²) in [7, 11) is 0. The summed E-state index contributed by atoms with van der Waals surface area (Å²) in [6.45, 7) is 2.60. The number of fused-ring (bicyclic) bond motifs is 1. The zero-order chi connectivity index (χ0) is 22.3. The van der Waals surface area contributed by atoms with Crippen molar-refractivity contribution in [1.29, 1.82) is 5.26 Å². The lowest BCUT2D eigenvalue weighted by Crippen LogP contribution is -2.00. The summed E-state index contributed by atoms with van der Waals surface area (Å²) in [5.41, 5.74) is 2.98. The van der Waals surface area contributed by atoms with Crippen molar-refractivity contribution in [2.45, 2.75) is 13.5 Å². The molecule has 32 heavy (non-hydrogen) atoms. The Labute approximate surface area is 187 Å². The van der Waals surface area contributed by atoms with E-state index in [4.69, 9.17) is 9.47 Å². The van der Waals surface area contributed by atoms with E-state index in [-0.39, 0.29) is 12.4 Å². The second kappa shape index (κ2) is 9.80. The first-order valence-corrected chi connectivity index (χ1v) is 10.4. The fraction of sp³-hybridized carbons (Fsp3) is 0.107. The molecule has 0 atom stereocenters. The predicted octanol–water partition coefficient (Wildman–Crippen LogP) is 7.02. The molecular formula is C28H22FNO2. The Hall–Kier alpha value is -4.10. The van der Waals surface area contributed by atoms with E-state index in [1.165, 1.54) is 12.1 Å². The van der Waals surface area contributed by atoms with Crippen molar-refractivity contribution in [2.24, 2.45) is 0 Å². The standard InChI is InChI=1S/C28H22FNO2/c1-2-31-28-16-20(10-13-27(28)32-19-21-6-5-9-26(29)15-21)14-25(18-30)24-12-11-22-7-3-4-8-23(22)17-24/h3-17H,2,19H2,1H3/b25-14-. The number of benzene rings is 4. The van der Waals surface area contributed by atoms with Gasteiger partial charge in [0.2, 0.25) is 0 Å². The Bertz CT molecular complexity index is 1320. The van der Waals surface area contributed by atoms with Crippen molar-refractivity contribution in [1.82, 2.24) is 0 Å². The van der Waals surface area contributed by atoms with E-state index in [2.05, 4.69) is 6.07 Å². The van der Waals surface area contributed by atoms with Crippen molar-refractivity contribution >= 4 is 22.4 Å². The number of ether oxygens (including phenoxy) is 2. The average Bonchev–Trinajstić information content (AvgIpc) is 2.82. The van der Waals surface area contributed by atoms with Crippen LogP contribution in [-0.2, 0) is 6.61 Å². The van der Waals surface area contributed by atoms with E-state index in [0.29, 0.717) is 23.7 Å². The Morgan fingerprint density at radius 3 is 2.50 bits per heavy atom. The molecule has 0 N–H and O–H groups in total. The van der Waals surface area contributed by atoms with Crippen LogP contribution in [0.1, 0.15) is 23.6 Å². The first kappa shape index (κ1) is 21.1. The second-order valence-corrected chi connectivity index (χ2v) is 7.29. The lowest BCUT2D eigenvalue weighted by atomic mass is 10.00. The van der Waals surface area contributed by atoms with Crippen LogP contribution < -0.4 is 9.47 Å². The van der Waals surface area contributed by atoms with E-state index < -0.39 is 0 Å². The number of nitrogens with zero attached hydrogens (tertiary/aromatic N) is 1. The van der Waals surface area contributed by atoms with Gasteiger partial charge in [0.1, 0.15) is 12.4 Å². The molecule has 4 heteroatoms. The lowest BCUT2D eigenvalue weighted by Gasteiger charge is -2.13. The van der Waals surface area contributed by atoms with E-state index in [1.54, 1.807) is 6.07 Å². The molecule has 0 aromatic heterocycles. The minimum absolute atomic E-state index is 0.230. The molecule has 0 aliphatic rings. The maximum Gasteiger partial charge on any atom is 0.161 e. The van der Waals surface area contributed by atoms with Crippen LogP contribution in [-0.4, -0.2) is 6.61 Å². The van der Waals surface area contributed by atoms with E-state index >= 15 is 0 Å². The molecule has 0 aliphatic carbocycles. The van der Waals surface area contributed by atoms with Gasteiger partial charge in [-0.05, 0) is 70.8 Å². The maximum absolute atomic E-state index is 13.4. The molecule has 0 heterocycles. The topological polar surface area (TPSA) is 42.2 Å². The summed E-state index contributed by atoms with van der Waals surface area (Å²) in [4.78, 5) is 0. The molecule has 0 fully saturated rings. The Morgan fingerprint density at radius 1 is 0.875 bits per heavy atom. The third-order valence-electron chi connectivity index (χ3n) is 5.04. The lowest BCUT2D eigenvalue weighted by molar-refractivity contribution is 0.269. The molecule has 0 spiro atoms. The SMILES string of the molecule is CCOc1cc(/C=C(/C#N)c2ccc3ccccc3c2)ccc1OCc1cccc(F)c1. The third kappa shape index (κ3) is 4.96. The summed E-state index contributed by atoms with van der Waals surface area (Å²) >= 11 is 0. The van der Waals surface area contributed by atoms with Gasteiger partial charge in [0, 0.05) is 0 Å². The summed E-state index contributed by atoms with van der Waals surface area (Å²) < 4.78 is 25.0. The minimum Gasteiger partial charge on any atom is -0.490 e. The molecule has 0 amide bonds. The number of allylic oxidation sites excluding steroid dienone is 1. The summed E-state index contributed by atoms with van der Waals surface area (Å²) in [6, 6.07) is 28.2. The average molecular weight is 423 g/mol. The highest BCUT2D eigenvalue weighted by molar-refractivity contribution is 5.94. The summed E-state index contributed by atoms with van der Waals surface area (Å²) in [5, 5.41) is 12.0. The molecule has 0 radical (unpaired) electrons. The van der Waals surface area contributed by atoms with Crippen LogP contribution in [0.4, 0.5) is 4.39 Å². The molecule has 4 rings (SSSR count). The van der Waals surface area contributed by atoms with Gasteiger partial charge in [0.05, 0.1) is 18.2 Å². The van der Waals surface area contributed by atoms with Gasteiger partial charge < -0.3 is 9.47 Å². The molecule has 0 unspecified atom stereocenters. The van der Waals surface area contributed by atoms with Crippen molar-refractivity contribution in [3.63, 3.8) is 0 Å². The number of halogens is 1.